The van der Waals surface area contributed by atoms with Crippen LogP contribution in [-0.4, -0.2) is 197 Å². The molecule has 21 nitrogen and oxygen atoms in total. The van der Waals surface area contributed by atoms with Gasteiger partial charge in [-0.3, -0.25) is 33.8 Å². The third kappa shape index (κ3) is 20.8. The van der Waals surface area contributed by atoms with Crippen molar-refractivity contribution in [2.75, 3.05) is 101 Å². The fourth-order valence-corrected chi connectivity index (χ4v) is 19.0. The van der Waals surface area contributed by atoms with Crippen molar-refractivity contribution < 1.29 is 63.8 Å². The number of halogens is 4. The molecule has 0 bridgehead atoms. The van der Waals surface area contributed by atoms with Gasteiger partial charge in [-0.05, 0) is 147 Å². The lowest BCUT2D eigenvalue weighted by atomic mass is 9.65. The number of amides is 5. The number of carbonyl (C=O) groups excluding carboxylic acids is 5. The van der Waals surface area contributed by atoms with Crippen LogP contribution in [0.3, 0.4) is 0 Å². The molecule has 5 amide bonds. The van der Waals surface area contributed by atoms with Gasteiger partial charge >= 0.3 is 5.51 Å². The number of allylic oxidation sites excluding steroid dienone is 1. The molecule has 0 unspecified atom stereocenters. The number of nitrogens with one attached hydrogen (secondary N) is 4. The maximum atomic E-state index is 14.4. The number of piperazine rings is 1. The Kier molecular flexibility index (Phi) is 27.0. The van der Waals surface area contributed by atoms with Crippen molar-refractivity contribution in [1.82, 2.24) is 39.9 Å². The SMILES string of the molecule is Cc1ncsc1-c1ccc([C@H](C)NC(=O)[C@@H]2C[C@@H](O)CN2C(=O)[C@@H](NC(=O)CCCCCCCC(=O)N2CC3(CCC(c4ccc(Cl)cc4)=C(CN4CCN(c5ccc(C(=O)NS(=O)(=O)c6ccc(N[C@H](CCN7CCOCC7)CSc7ccccc7)c(S(=O)(=O)C(F)(F)F)c6)cc5)CC4)C3)C2)C(C)(C)C)cc1. The van der Waals surface area contributed by atoms with Crippen LogP contribution >= 0.6 is 34.7 Å². The molecule has 1 aliphatic carbocycles. The number of nitrogens with zero attached hydrogens (tertiary/aromatic N) is 6. The summed E-state index contributed by atoms with van der Waals surface area (Å²) in [6, 6.07) is 31.2. The van der Waals surface area contributed by atoms with E-state index in [1.54, 1.807) is 23.5 Å². The minimum absolute atomic E-state index is 0.0208. The Balaban J connectivity index is 0.624. The molecule has 6 aromatic rings. The molecule has 4 saturated heterocycles. The van der Waals surface area contributed by atoms with Gasteiger partial charge in [-0.2, -0.15) is 13.2 Å². The number of hydrogen-bond donors (Lipinski definition) is 5. The van der Waals surface area contributed by atoms with E-state index in [9.17, 15) is 59.1 Å². The zero-order valence-corrected chi connectivity index (χ0v) is 65.8. The number of alkyl halides is 3. The van der Waals surface area contributed by atoms with E-state index in [4.69, 9.17) is 16.3 Å². The highest BCUT2D eigenvalue weighted by molar-refractivity contribution is 7.99. The quantitative estimate of drug-likeness (QED) is 0.0207. The molecule has 1 spiro atoms. The molecule has 5 N–H and O–H groups in total. The summed E-state index contributed by atoms with van der Waals surface area (Å²) in [5.41, 5.74) is 2.23. The maximum absolute atomic E-state index is 14.4. The first-order chi connectivity index (χ1) is 51.4. The number of ether oxygens (including phenoxy) is 1. The van der Waals surface area contributed by atoms with Crippen molar-refractivity contribution in [3.63, 3.8) is 0 Å². The molecule has 0 saturated carbocycles. The van der Waals surface area contributed by atoms with Gasteiger partial charge < -0.3 is 40.5 Å². The van der Waals surface area contributed by atoms with Crippen LogP contribution in [0.5, 0.6) is 0 Å². The van der Waals surface area contributed by atoms with Crippen LogP contribution in [0, 0.1) is 17.8 Å². The summed E-state index contributed by atoms with van der Waals surface area (Å²) in [5.74, 6) is -1.63. The molecule has 5 atom stereocenters. The van der Waals surface area contributed by atoms with Crippen molar-refractivity contribution in [2.45, 2.75) is 162 Å². The highest BCUT2D eigenvalue weighted by Gasteiger charge is 2.50. The summed E-state index contributed by atoms with van der Waals surface area (Å²) < 4.78 is 105. The highest BCUT2D eigenvalue weighted by Crippen LogP contribution is 2.49. The Morgan fingerprint density at radius 1 is 0.796 bits per heavy atom. The number of sulfone groups is 1. The van der Waals surface area contributed by atoms with Crippen LogP contribution in [0.15, 0.2) is 147 Å². The third-order valence-electron chi connectivity index (χ3n) is 21.2. The number of aliphatic hydroxyl groups is 1. The molecule has 11 rings (SSSR count). The number of anilines is 2. The van der Waals surface area contributed by atoms with E-state index in [0.717, 1.165) is 101 Å². The van der Waals surface area contributed by atoms with E-state index >= 15 is 0 Å². The second-order valence-electron chi connectivity index (χ2n) is 30.2. The molecule has 29 heteroatoms. The first kappa shape index (κ1) is 81.6. The highest BCUT2D eigenvalue weighted by atomic mass is 35.5. The molecule has 4 aliphatic heterocycles. The van der Waals surface area contributed by atoms with Crippen molar-refractivity contribution in [3.05, 3.63) is 160 Å². The lowest BCUT2D eigenvalue weighted by Crippen LogP contribution is -2.59. The number of sulfonamides is 1. The molecule has 5 aliphatic rings. The van der Waals surface area contributed by atoms with Gasteiger partial charge in [0.05, 0.1) is 52.0 Å². The number of benzene rings is 5. The number of morpholine rings is 1. The third-order valence-corrected chi connectivity index (χ3v) is 26.4. The lowest BCUT2D eigenvalue weighted by molar-refractivity contribution is -0.144. The Hall–Kier alpha value is -7.41. The first-order valence-corrected chi connectivity index (χ1v) is 42.3. The summed E-state index contributed by atoms with van der Waals surface area (Å²) in [7, 11) is -11.0. The van der Waals surface area contributed by atoms with Gasteiger partial charge in [0.2, 0.25) is 23.6 Å². The molecule has 1 aromatic heterocycles. The lowest BCUT2D eigenvalue weighted by Gasteiger charge is -2.53. The van der Waals surface area contributed by atoms with Crippen LogP contribution in [0.1, 0.15) is 138 Å². The first-order valence-electron chi connectivity index (χ1n) is 37.1. The second kappa shape index (κ2) is 35.7. The van der Waals surface area contributed by atoms with Crippen LogP contribution in [0.4, 0.5) is 24.5 Å². The number of aliphatic hydroxyl groups excluding tert-OH is 1. The summed E-state index contributed by atoms with van der Waals surface area (Å²) in [6.45, 7) is 17.1. The molecular weight excluding hydrogens is 1490 g/mol. The minimum atomic E-state index is -6.11. The smallest absolute Gasteiger partial charge is 0.391 e. The molecule has 108 heavy (non-hydrogen) atoms. The minimum Gasteiger partial charge on any atom is -0.391 e. The van der Waals surface area contributed by atoms with Gasteiger partial charge in [-0.1, -0.05) is 112 Å². The van der Waals surface area contributed by atoms with Gasteiger partial charge in [-0.15, -0.1) is 23.1 Å². The van der Waals surface area contributed by atoms with Crippen molar-refractivity contribution >= 4 is 101 Å². The van der Waals surface area contributed by atoms with E-state index < -0.39 is 82.3 Å². The van der Waals surface area contributed by atoms with E-state index in [-0.39, 0.29) is 54.1 Å². The van der Waals surface area contributed by atoms with Crippen LogP contribution in [0.2, 0.25) is 5.02 Å². The molecule has 4 fully saturated rings. The number of β-amino-alcohol motifs (C(OH)–C–C–N with tert-alkyl or cyclic N) is 1. The summed E-state index contributed by atoms with van der Waals surface area (Å²) in [6.07, 6.45) is 6.67. The molecule has 5 aromatic carbocycles. The van der Waals surface area contributed by atoms with Crippen LogP contribution in [-0.2, 0) is 43.8 Å². The van der Waals surface area contributed by atoms with E-state index in [1.165, 1.54) is 39.9 Å². The van der Waals surface area contributed by atoms with Crippen LogP contribution in [0.25, 0.3) is 16.0 Å². The number of thioether (sulfide) groups is 1. The number of likely N-dealkylation sites (tertiary alicyclic amines) is 2. The van der Waals surface area contributed by atoms with E-state index in [2.05, 4.69) is 47.8 Å². The summed E-state index contributed by atoms with van der Waals surface area (Å²) >= 11 is 9.36. The Bertz CT molecular complexity index is 4400. The van der Waals surface area contributed by atoms with E-state index in [1.807, 2.05) is 116 Å². The normalized spacial score (nSPS) is 19.0. The van der Waals surface area contributed by atoms with Crippen LogP contribution < -0.4 is 25.6 Å². The predicted octanol–water partition coefficient (Wildman–Crippen LogP) is 12.2. The standard InChI is InChI=1S/C79H98ClF3N10O11S4/c1-53(55-18-20-57(21-19-55)72-54(2)84-52-106-72)85-75(98)68-44-63(94)48-93(68)76(99)73(77(3,4)5)87-70(95)16-12-7-6-8-13-17-71(96)92-50-78(51-92)34-32-66(56-22-26-60(80)27-23-56)59(46-78)47-90-36-38-91(39-37-90)62-28-24-58(25-29-62)74(97)88-108(102,103)65-30-31-67(69(45-65)107(100,101)79(81,82)83)86-61(33-35-89-40-42-104-43-41-89)49-105-64-14-10-9-11-15-64/h9-11,14-15,18-31,45,52-53,61,63,68,73,86,94H,6-8,12-13,16-17,32-44,46-51H2,1-5H3,(H,85,98)(H,87,95)(H,88,97)/t53-,61+,63+,68-,73+/m0/s1. The van der Waals surface area contributed by atoms with Crippen molar-refractivity contribution in [1.29, 1.82) is 0 Å². The topological polar surface area (TPSA) is 260 Å². The number of unbranched alkanes of at least 4 members (excludes halogenated alkanes) is 4. The number of rotatable bonds is 30. The zero-order chi connectivity index (χ0) is 77.1. The Morgan fingerprint density at radius 2 is 1.46 bits per heavy atom. The molecule has 582 valence electrons. The zero-order valence-electron chi connectivity index (χ0n) is 61.8. The second-order valence-corrected chi connectivity index (χ2v) is 36.2. The molecule has 0 radical (unpaired) electrons. The van der Waals surface area contributed by atoms with Gasteiger partial charge in [0.1, 0.15) is 17.0 Å². The van der Waals surface area contributed by atoms with Crippen molar-refractivity contribution in [2.24, 2.45) is 10.8 Å². The van der Waals surface area contributed by atoms with Crippen molar-refractivity contribution in [3.8, 4) is 10.4 Å². The Morgan fingerprint density at radius 3 is 2.12 bits per heavy atom. The van der Waals surface area contributed by atoms with E-state index in [0.29, 0.717) is 108 Å². The molecular formula is C79H98ClF3N10O11S4. The fourth-order valence-electron chi connectivity index (χ4n) is 15.0. The van der Waals surface area contributed by atoms with Gasteiger partial charge in [0.15, 0.2) is 0 Å². The average molecular weight is 1580 g/mol. The maximum Gasteiger partial charge on any atom is 0.501 e. The summed E-state index contributed by atoms with van der Waals surface area (Å²) in [5, 5.41) is 20.4. The number of aromatic nitrogens is 1. The number of aryl methyl sites for hydroxylation is 1. The monoisotopic (exact) mass is 1580 g/mol. The Labute approximate surface area is 645 Å². The largest absolute Gasteiger partial charge is 0.501 e. The fraction of sp³-hybridized carbons (Fsp3) is 0.494. The van der Waals surface area contributed by atoms with Gasteiger partial charge in [-0.25, -0.2) is 26.5 Å². The average Bonchev–Trinajstić information content (AvgIpc) is 0.860. The number of thiazole rings is 1. The number of carbonyl (C=O) groups is 5. The molecule has 5 heterocycles. The van der Waals surface area contributed by atoms with Gasteiger partial charge in [0, 0.05) is 130 Å². The van der Waals surface area contributed by atoms with Gasteiger partial charge in [0.25, 0.3) is 25.8 Å². The predicted molar refractivity (Wildman–Crippen MR) is 416 cm³/mol. The summed E-state index contributed by atoms with van der Waals surface area (Å²) in [4.78, 5) is 83.2. The number of hydrogen-bond acceptors (Lipinski definition) is 18.